The average molecular weight is 272 g/mol. The van der Waals surface area contributed by atoms with E-state index in [0.29, 0.717) is 0 Å². The second-order valence-corrected chi connectivity index (χ2v) is 1.50. The largest absolute Gasteiger partial charge is 4.00 e. The fraction of sp³-hybridized carbons (Fsp3) is 0. The molecule has 0 aliphatic rings. The van der Waals surface area contributed by atoms with Crippen LogP contribution in [0.2, 0.25) is 0 Å². The van der Waals surface area contributed by atoms with Gasteiger partial charge in [-0.3, -0.25) is 0 Å². The van der Waals surface area contributed by atoms with Crippen molar-refractivity contribution in [3.05, 3.63) is 0 Å². The van der Waals surface area contributed by atoms with Crippen LogP contribution in [0.25, 0.3) is 0 Å². The molecule has 0 saturated heterocycles. The first-order chi connectivity index (χ1) is 2.00. The van der Waals surface area contributed by atoms with Crippen LogP contribution in [-0.4, -0.2) is 9.05 Å². The van der Waals surface area contributed by atoms with Crippen LogP contribution >= 0.6 is 0 Å². The van der Waals surface area contributed by atoms with Gasteiger partial charge in [0.05, 0.1) is 0 Å². The van der Waals surface area contributed by atoms with Gasteiger partial charge in [0.1, 0.15) is 0 Å². The Kier molecular flexibility index (Phi) is 14.1. The molecule has 0 bridgehead atoms. The maximum atomic E-state index is 8.58. The molecule has 0 aromatic rings. The third-order valence-electron chi connectivity index (χ3n) is 0. The van der Waals surface area contributed by atoms with Gasteiger partial charge in [-0.15, -0.1) is 0 Å². The van der Waals surface area contributed by atoms with Gasteiger partial charge in [0.2, 0.25) is 0 Å². The second-order valence-electron chi connectivity index (χ2n) is 0.500. The second kappa shape index (κ2) is 6.17. The van der Waals surface area contributed by atoms with Gasteiger partial charge >= 0.3 is 58.9 Å². The van der Waals surface area contributed by atoms with Crippen molar-refractivity contribution in [1.82, 2.24) is 0 Å². The molecule has 32 valence electrons. The third kappa shape index (κ3) is 70.3. The average Bonchev–Trinajstić information content (AvgIpc) is 0.722. The zero-order valence-corrected chi connectivity index (χ0v) is 9.51. The molecule has 4 nitrogen and oxygen atoms in total. The number of hydrogen-bond acceptors (Lipinski definition) is 4. The van der Waals surface area contributed by atoms with E-state index < -0.39 is 9.05 Å². The smallest absolute Gasteiger partial charge is 0.894 e. The minimum atomic E-state index is -5.61. The summed E-state index contributed by atoms with van der Waals surface area (Å²) in [5.74, 6) is 0. The first-order valence-electron chi connectivity index (χ1n) is 0.816. The fourth-order valence-corrected chi connectivity index (χ4v) is 0. The molecule has 0 aromatic heterocycles. The van der Waals surface area contributed by atoms with E-state index in [4.69, 9.17) is 19.2 Å². The number of rotatable bonds is 0. The van der Waals surface area contributed by atoms with Gasteiger partial charge in [-0.05, 0) is 0 Å². The fourth-order valence-electron chi connectivity index (χ4n) is 0. The standard InChI is InChI=1S/O4Si.Y.Zr/c1-5(2,3)4;;/q-4;+3;+4. The van der Waals surface area contributed by atoms with Crippen LogP contribution < -0.4 is 19.2 Å². The summed E-state index contributed by atoms with van der Waals surface area (Å²) >= 11 is 0. The normalized spacial score (nSPS) is 8.57. The van der Waals surface area contributed by atoms with E-state index in [9.17, 15) is 0 Å². The molecule has 7 heavy (non-hydrogen) atoms. The maximum Gasteiger partial charge on any atom is 4.00 e. The van der Waals surface area contributed by atoms with Crippen molar-refractivity contribution < 1.29 is 78.1 Å². The first-order valence-corrected chi connectivity index (χ1v) is 2.45. The van der Waals surface area contributed by atoms with Crippen LogP contribution in [-0.2, 0) is 58.9 Å². The monoisotopic (exact) mass is 271 g/mol. The minimum absolute atomic E-state index is 0. The van der Waals surface area contributed by atoms with Crippen LogP contribution in [0.3, 0.4) is 0 Å². The Hall–Kier alpha value is 2.04. The summed E-state index contributed by atoms with van der Waals surface area (Å²) in [5, 5.41) is 0. The van der Waals surface area contributed by atoms with Crippen molar-refractivity contribution in [1.29, 1.82) is 0 Å². The molecular formula is O4SiYZr+3. The van der Waals surface area contributed by atoms with Crippen LogP contribution in [0.4, 0.5) is 0 Å². The minimum Gasteiger partial charge on any atom is -0.894 e. The van der Waals surface area contributed by atoms with Crippen molar-refractivity contribution in [3.8, 4) is 0 Å². The predicted molar refractivity (Wildman–Crippen MR) is 5.75 cm³/mol. The zero-order chi connectivity index (χ0) is 4.50. The Morgan fingerprint density at radius 1 is 0.857 bits per heavy atom. The van der Waals surface area contributed by atoms with E-state index in [2.05, 4.69) is 0 Å². The molecule has 0 fully saturated rings. The maximum absolute atomic E-state index is 8.58. The summed E-state index contributed by atoms with van der Waals surface area (Å²) in [5.41, 5.74) is 0. The summed E-state index contributed by atoms with van der Waals surface area (Å²) in [7, 11) is -5.61. The first kappa shape index (κ1) is 16.0. The van der Waals surface area contributed by atoms with Crippen LogP contribution in [0.15, 0.2) is 0 Å². The zero-order valence-electron chi connectivity index (χ0n) is 3.21. The van der Waals surface area contributed by atoms with Gasteiger partial charge in [-0.25, -0.2) is 0 Å². The van der Waals surface area contributed by atoms with E-state index in [-0.39, 0.29) is 58.9 Å². The van der Waals surface area contributed by atoms with E-state index in [0.717, 1.165) is 0 Å². The molecule has 0 saturated carbocycles. The number of hydrogen-bond donors (Lipinski definition) is 0. The molecule has 7 heteroatoms. The van der Waals surface area contributed by atoms with Crippen LogP contribution in [0.5, 0.6) is 0 Å². The van der Waals surface area contributed by atoms with Crippen LogP contribution in [0.1, 0.15) is 0 Å². The van der Waals surface area contributed by atoms with Crippen molar-refractivity contribution in [2.24, 2.45) is 0 Å². The van der Waals surface area contributed by atoms with E-state index in [1.54, 1.807) is 0 Å². The Bertz CT molecular complexity index is 27.2. The van der Waals surface area contributed by atoms with Gasteiger partial charge in [0.25, 0.3) is 0 Å². The van der Waals surface area contributed by atoms with Gasteiger partial charge in [-0.2, -0.15) is 0 Å². The third-order valence-corrected chi connectivity index (χ3v) is 0. The van der Waals surface area contributed by atoms with E-state index in [1.165, 1.54) is 0 Å². The Morgan fingerprint density at radius 2 is 0.857 bits per heavy atom. The van der Waals surface area contributed by atoms with Crippen molar-refractivity contribution >= 4 is 9.05 Å². The predicted octanol–water partition coefficient (Wildman–Crippen LogP) is -5.14. The molecule has 0 aliphatic carbocycles. The Balaban J connectivity index is -0.0000000800. The van der Waals surface area contributed by atoms with Crippen LogP contribution in [0, 0.1) is 0 Å². The van der Waals surface area contributed by atoms with E-state index in [1.807, 2.05) is 0 Å². The molecule has 0 radical (unpaired) electrons. The van der Waals surface area contributed by atoms with Crippen molar-refractivity contribution in [2.45, 2.75) is 0 Å². The topological polar surface area (TPSA) is 92.2 Å². The molecule has 0 amide bonds. The Morgan fingerprint density at radius 3 is 0.857 bits per heavy atom. The van der Waals surface area contributed by atoms with Crippen molar-refractivity contribution in [3.63, 3.8) is 0 Å². The van der Waals surface area contributed by atoms with Gasteiger partial charge in [0.15, 0.2) is 0 Å². The summed E-state index contributed by atoms with van der Waals surface area (Å²) in [6.45, 7) is 0. The summed E-state index contributed by atoms with van der Waals surface area (Å²) in [6, 6.07) is 0. The molecule has 0 atom stereocenters. The molecule has 0 rings (SSSR count). The summed E-state index contributed by atoms with van der Waals surface area (Å²) in [4.78, 5) is 34.3. The molecule has 0 N–H and O–H groups in total. The molecule has 0 spiro atoms. The molecule has 0 aromatic carbocycles. The van der Waals surface area contributed by atoms with Gasteiger partial charge in [0, 0.05) is 0 Å². The molecule has 0 unspecified atom stereocenters. The van der Waals surface area contributed by atoms with Crippen molar-refractivity contribution in [2.75, 3.05) is 0 Å². The molecule has 0 heterocycles. The SMILES string of the molecule is [O-][Si]([O-])([O-])[O-].[Y+3].[Zr+4]. The summed E-state index contributed by atoms with van der Waals surface area (Å²) < 4.78 is 0. The molecule has 0 aliphatic heterocycles. The van der Waals surface area contributed by atoms with Gasteiger partial charge in [-0.1, -0.05) is 0 Å². The molecular weight excluding hydrogens is 272 g/mol. The quantitative estimate of drug-likeness (QED) is 0.412. The van der Waals surface area contributed by atoms with Gasteiger partial charge < -0.3 is 28.2 Å². The summed E-state index contributed by atoms with van der Waals surface area (Å²) in [6.07, 6.45) is 0. The Labute approximate surface area is 86.1 Å². The van der Waals surface area contributed by atoms with E-state index >= 15 is 0 Å².